The van der Waals surface area contributed by atoms with Gasteiger partial charge in [-0.2, -0.15) is 0 Å². The molecule has 0 spiro atoms. The van der Waals surface area contributed by atoms with E-state index in [-0.39, 0.29) is 5.78 Å². The lowest BCUT2D eigenvalue weighted by Gasteiger charge is -2.01. The normalized spacial score (nSPS) is 10.8. The molecule has 3 aromatic rings. The molecule has 0 aliphatic rings. The van der Waals surface area contributed by atoms with Gasteiger partial charge < -0.3 is 4.98 Å². The second-order valence-corrected chi connectivity index (χ2v) is 4.83. The van der Waals surface area contributed by atoms with Crippen LogP contribution in [0.2, 0.25) is 0 Å². The van der Waals surface area contributed by atoms with E-state index in [9.17, 15) is 4.79 Å². The monoisotopic (exact) mass is 249 g/mol. The minimum Gasteiger partial charge on any atom is -0.360 e. The second-order valence-electron chi connectivity index (χ2n) is 4.83. The van der Waals surface area contributed by atoms with Gasteiger partial charge in [-0.05, 0) is 18.6 Å². The van der Waals surface area contributed by atoms with Crippen molar-refractivity contribution in [3.8, 4) is 0 Å². The Morgan fingerprint density at radius 2 is 1.79 bits per heavy atom. The Morgan fingerprint density at radius 3 is 2.58 bits per heavy atom. The molecule has 0 amide bonds. The standard InChI is InChI=1S/C17H15NO/c1-12-6-8-13(9-7-12)10-17(19)15-11-18-16-5-3-2-4-14(15)16/h2-9,11,18H,10H2,1H3. The van der Waals surface area contributed by atoms with E-state index in [1.165, 1.54) is 5.56 Å². The smallest absolute Gasteiger partial charge is 0.169 e. The Hall–Kier alpha value is -2.35. The van der Waals surface area contributed by atoms with Gasteiger partial charge in [-0.15, -0.1) is 0 Å². The first kappa shape index (κ1) is 11.7. The van der Waals surface area contributed by atoms with Crippen LogP contribution in [0.25, 0.3) is 10.9 Å². The number of benzene rings is 2. The number of carbonyl (C=O) groups is 1. The lowest BCUT2D eigenvalue weighted by Crippen LogP contribution is -2.02. The van der Waals surface area contributed by atoms with Gasteiger partial charge in [0.15, 0.2) is 5.78 Å². The highest BCUT2D eigenvalue weighted by Crippen LogP contribution is 2.19. The second kappa shape index (κ2) is 4.73. The molecule has 2 aromatic carbocycles. The van der Waals surface area contributed by atoms with E-state index in [1.54, 1.807) is 6.20 Å². The van der Waals surface area contributed by atoms with Crippen LogP contribution >= 0.6 is 0 Å². The predicted molar refractivity (Wildman–Crippen MR) is 77.5 cm³/mol. The Balaban J connectivity index is 1.90. The summed E-state index contributed by atoms with van der Waals surface area (Å²) in [6.07, 6.45) is 2.25. The summed E-state index contributed by atoms with van der Waals surface area (Å²) >= 11 is 0. The van der Waals surface area contributed by atoms with Gasteiger partial charge >= 0.3 is 0 Å². The van der Waals surface area contributed by atoms with Crippen molar-refractivity contribution in [3.63, 3.8) is 0 Å². The number of ketones is 1. The van der Waals surface area contributed by atoms with Crippen molar-refractivity contribution in [1.29, 1.82) is 0 Å². The molecule has 1 heterocycles. The molecule has 94 valence electrons. The van der Waals surface area contributed by atoms with Gasteiger partial charge in [0.1, 0.15) is 0 Å². The molecule has 3 rings (SSSR count). The number of rotatable bonds is 3. The zero-order valence-electron chi connectivity index (χ0n) is 10.8. The highest BCUT2D eigenvalue weighted by molar-refractivity contribution is 6.08. The summed E-state index contributed by atoms with van der Waals surface area (Å²) in [6, 6.07) is 16.0. The number of nitrogens with one attached hydrogen (secondary N) is 1. The van der Waals surface area contributed by atoms with Gasteiger partial charge in [0.2, 0.25) is 0 Å². The molecule has 0 radical (unpaired) electrons. The summed E-state index contributed by atoms with van der Waals surface area (Å²) < 4.78 is 0. The van der Waals surface area contributed by atoms with Crippen LogP contribution in [0.3, 0.4) is 0 Å². The first-order chi connectivity index (χ1) is 9.24. The lowest BCUT2D eigenvalue weighted by atomic mass is 10.0. The third kappa shape index (κ3) is 2.29. The number of carbonyl (C=O) groups excluding carboxylic acids is 1. The minimum absolute atomic E-state index is 0.154. The number of hydrogen-bond acceptors (Lipinski definition) is 1. The molecule has 0 aliphatic heterocycles. The van der Waals surface area contributed by atoms with Crippen molar-refractivity contribution in [3.05, 3.63) is 71.4 Å². The Bertz CT molecular complexity index is 722. The average molecular weight is 249 g/mol. The van der Waals surface area contributed by atoms with E-state index < -0.39 is 0 Å². The molecular formula is C17H15NO. The number of aromatic nitrogens is 1. The van der Waals surface area contributed by atoms with Gasteiger partial charge in [-0.3, -0.25) is 4.79 Å². The molecule has 2 nitrogen and oxygen atoms in total. The summed E-state index contributed by atoms with van der Waals surface area (Å²) in [6.45, 7) is 2.05. The molecule has 0 aliphatic carbocycles. The van der Waals surface area contributed by atoms with Crippen LogP contribution in [0.1, 0.15) is 21.5 Å². The maximum absolute atomic E-state index is 12.4. The van der Waals surface area contributed by atoms with Gasteiger partial charge in [0, 0.05) is 29.1 Å². The third-order valence-electron chi connectivity index (χ3n) is 3.37. The van der Waals surface area contributed by atoms with Gasteiger partial charge in [-0.25, -0.2) is 0 Å². The number of aryl methyl sites for hydroxylation is 1. The van der Waals surface area contributed by atoms with E-state index in [1.807, 2.05) is 55.5 Å². The molecule has 19 heavy (non-hydrogen) atoms. The lowest BCUT2D eigenvalue weighted by molar-refractivity contribution is 0.0994. The largest absolute Gasteiger partial charge is 0.360 e. The maximum Gasteiger partial charge on any atom is 0.169 e. The number of H-pyrrole nitrogens is 1. The predicted octanol–water partition coefficient (Wildman–Crippen LogP) is 3.90. The quantitative estimate of drug-likeness (QED) is 0.701. The first-order valence-corrected chi connectivity index (χ1v) is 6.39. The van der Waals surface area contributed by atoms with Crippen LogP contribution in [-0.2, 0) is 6.42 Å². The maximum atomic E-state index is 12.4. The molecule has 0 fully saturated rings. The molecule has 0 unspecified atom stereocenters. The molecular weight excluding hydrogens is 234 g/mol. The fraction of sp³-hybridized carbons (Fsp3) is 0.118. The van der Waals surface area contributed by atoms with Crippen LogP contribution in [0.15, 0.2) is 54.7 Å². The fourth-order valence-electron chi connectivity index (χ4n) is 2.29. The van der Waals surface area contributed by atoms with Gasteiger partial charge in [0.25, 0.3) is 0 Å². The van der Waals surface area contributed by atoms with Crippen molar-refractivity contribution >= 4 is 16.7 Å². The number of Topliss-reactive ketones (excluding diaryl/α,β-unsaturated/α-hetero) is 1. The van der Waals surface area contributed by atoms with Crippen LogP contribution < -0.4 is 0 Å². The third-order valence-corrected chi connectivity index (χ3v) is 3.37. The summed E-state index contributed by atoms with van der Waals surface area (Å²) in [5.74, 6) is 0.154. The number of para-hydroxylation sites is 1. The molecule has 0 saturated heterocycles. The highest BCUT2D eigenvalue weighted by atomic mass is 16.1. The number of hydrogen-bond donors (Lipinski definition) is 1. The van der Waals surface area contributed by atoms with E-state index in [0.29, 0.717) is 6.42 Å². The summed E-state index contributed by atoms with van der Waals surface area (Å²) in [7, 11) is 0. The van der Waals surface area contributed by atoms with Crippen LogP contribution in [0.4, 0.5) is 0 Å². The number of aromatic amines is 1. The van der Waals surface area contributed by atoms with Crippen molar-refractivity contribution in [1.82, 2.24) is 4.98 Å². The molecule has 0 bridgehead atoms. The minimum atomic E-state index is 0.154. The average Bonchev–Trinajstić information content (AvgIpc) is 2.85. The zero-order valence-corrected chi connectivity index (χ0v) is 10.8. The summed E-state index contributed by atoms with van der Waals surface area (Å²) in [5, 5.41) is 1.000. The van der Waals surface area contributed by atoms with E-state index >= 15 is 0 Å². The SMILES string of the molecule is Cc1ccc(CC(=O)c2c[nH]c3ccccc23)cc1. The van der Waals surface area contributed by atoms with Crippen molar-refractivity contribution in [2.24, 2.45) is 0 Å². The molecule has 0 atom stereocenters. The highest BCUT2D eigenvalue weighted by Gasteiger charge is 2.12. The van der Waals surface area contributed by atoms with E-state index in [2.05, 4.69) is 4.98 Å². The summed E-state index contributed by atoms with van der Waals surface area (Å²) in [5.41, 5.74) is 4.05. The van der Waals surface area contributed by atoms with E-state index in [4.69, 9.17) is 0 Å². The van der Waals surface area contributed by atoms with Crippen LogP contribution in [0.5, 0.6) is 0 Å². The van der Waals surface area contributed by atoms with Crippen molar-refractivity contribution in [2.75, 3.05) is 0 Å². The molecule has 2 heteroatoms. The Morgan fingerprint density at radius 1 is 1.05 bits per heavy atom. The van der Waals surface area contributed by atoms with E-state index in [0.717, 1.165) is 22.0 Å². The molecule has 1 N–H and O–H groups in total. The molecule has 0 saturated carbocycles. The summed E-state index contributed by atoms with van der Waals surface area (Å²) in [4.78, 5) is 15.5. The zero-order chi connectivity index (χ0) is 13.2. The van der Waals surface area contributed by atoms with Crippen LogP contribution in [-0.4, -0.2) is 10.8 Å². The van der Waals surface area contributed by atoms with Gasteiger partial charge in [-0.1, -0.05) is 48.0 Å². The van der Waals surface area contributed by atoms with Crippen molar-refractivity contribution < 1.29 is 4.79 Å². The number of fused-ring (bicyclic) bond motifs is 1. The van der Waals surface area contributed by atoms with Crippen molar-refractivity contribution in [2.45, 2.75) is 13.3 Å². The fourth-order valence-corrected chi connectivity index (χ4v) is 2.29. The van der Waals surface area contributed by atoms with Gasteiger partial charge in [0.05, 0.1) is 0 Å². The first-order valence-electron chi connectivity index (χ1n) is 6.39. The Labute approximate surface area is 112 Å². The molecule has 1 aromatic heterocycles. The topological polar surface area (TPSA) is 32.9 Å². The van der Waals surface area contributed by atoms with Crippen LogP contribution in [0, 0.1) is 6.92 Å². The Kier molecular flexibility index (Phi) is 2.92.